The van der Waals surface area contributed by atoms with Gasteiger partial charge in [0.15, 0.2) is 18.7 Å². The Bertz CT molecular complexity index is 1620. The average Bonchev–Trinajstić information content (AvgIpc) is 3.08. The number of carbonyl (C=O) groups excluding carboxylic acids is 4. The lowest BCUT2D eigenvalue weighted by molar-refractivity contribution is -0.249. The maximum atomic E-state index is 13.9. The third-order valence-electron chi connectivity index (χ3n) is 9.65. The van der Waals surface area contributed by atoms with Gasteiger partial charge in [-0.15, -0.1) is 0 Å². The summed E-state index contributed by atoms with van der Waals surface area (Å²) in [5, 5.41) is 49.5. The van der Waals surface area contributed by atoms with Crippen LogP contribution in [0, 0.1) is 0 Å². The molecule has 1 heterocycles. The highest BCUT2D eigenvalue weighted by molar-refractivity contribution is 6.31. The molecule has 1 saturated heterocycles. The summed E-state index contributed by atoms with van der Waals surface area (Å²) in [6.45, 7) is 5.49. The Morgan fingerprint density at radius 2 is 1.76 bits per heavy atom. The van der Waals surface area contributed by atoms with E-state index in [1.165, 1.54) is 25.3 Å². The fourth-order valence-corrected chi connectivity index (χ4v) is 6.91. The van der Waals surface area contributed by atoms with Gasteiger partial charge < -0.3 is 44.7 Å². The predicted octanol–water partition coefficient (Wildman–Crippen LogP) is 3.17. The molecule has 266 valence electrons. The van der Waals surface area contributed by atoms with Crippen LogP contribution in [0.25, 0.3) is 0 Å². The second kappa shape index (κ2) is 14.9. The zero-order chi connectivity index (χ0) is 35.6. The predicted molar refractivity (Wildman–Crippen MR) is 174 cm³/mol. The van der Waals surface area contributed by atoms with Crippen LogP contribution in [0.1, 0.15) is 115 Å². The second-order valence-corrected chi connectivity index (χ2v) is 13.0. The number of aliphatic hydroxyl groups excluding tert-OH is 1. The Morgan fingerprint density at radius 3 is 2.45 bits per heavy atom. The van der Waals surface area contributed by atoms with Gasteiger partial charge in [-0.1, -0.05) is 38.8 Å². The van der Waals surface area contributed by atoms with Gasteiger partial charge in [-0.25, -0.2) is 0 Å². The Morgan fingerprint density at radius 1 is 1.04 bits per heavy atom. The molecule has 13 heteroatoms. The number of aromatic hydroxyl groups is 2. The molecule has 5 N–H and O–H groups in total. The number of hydrogen-bond acceptors (Lipinski definition) is 13. The van der Waals surface area contributed by atoms with Crippen molar-refractivity contribution in [3.8, 4) is 17.2 Å². The van der Waals surface area contributed by atoms with Crippen molar-refractivity contribution in [2.24, 2.45) is 0 Å². The number of nitrogens with one attached hydrogen (secondary N) is 1. The Labute approximate surface area is 284 Å². The van der Waals surface area contributed by atoms with E-state index in [-0.39, 0.29) is 40.8 Å². The molecule has 1 aliphatic heterocycles. The van der Waals surface area contributed by atoms with Gasteiger partial charge in [-0.3, -0.25) is 19.2 Å². The number of hydrogen-bond donors (Lipinski definition) is 5. The van der Waals surface area contributed by atoms with E-state index in [1.807, 2.05) is 13.8 Å². The molecule has 2 aromatic rings. The third kappa shape index (κ3) is 6.95. The number of benzene rings is 2. The first kappa shape index (κ1) is 36.4. The summed E-state index contributed by atoms with van der Waals surface area (Å²) < 4.78 is 22.8. The molecular weight excluding hydrogens is 638 g/mol. The van der Waals surface area contributed by atoms with Crippen molar-refractivity contribution >= 4 is 23.3 Å². The van der Waals surface area contributed by atoms with Crippen LogP contribution in [-0.4, -0.2) is 94.1 Å². The molecule has 0 unspecified atom stereocenters. The Balaban J connectivity index is 1.57. The minimum Gasteiger partial charge on any atom is -0.507 e. The topological polar surface area (TPSA) is 198 Å². The van der Waals surface area contributed by atoms with Crippen molar-refractivity contribution in [1.29, 1.82) is 0 Å². The van der Waals surface area contributed by atoms with Crippen LogP contribution in [0.4, 0.5) is 0 Å². The molecule has 6 atom stereocenters. The van der Waals surface area contributed by atoms with Gasteiger partial charge in [0, 0.05) is 48.4 Å². The van der Waals surface area contributed by atoms with Gasteiger partial charge in [0.1, 0.15) is 22.8 Å². The summed E-state index contributed by atoms with van der Waals surface area (Å²) >= 11 is 0. The second-order valence-electron chi connectivity index (χ2n) is 13.0. The van der Waals surface area contributed by atoms with E-state index < -0.39 is 102 Å². The van der Waals surface area contributed by atoms with Crippen LogP contribution in [-0.2, 0) is 30.2 Å². The van der Waals surface area contributed by atoms with E-state index in [1.54, 1.807) is 6.92 Å². The Hall–Kier alpha value is -3.88. The number of unbranched alkanes of at least 4 members (excludes halogenated alkanes) is 2. The molecule has 2 aromatic carbocycles. The summed E-state index contributed by atoms with van der Waals surface area (Å²) in [5.74, 6) is -4.26. The van der Waals surface area contributed by atoms with Crippen LogP contribution >= 0.6 is 0 Å². The van der Waals surface area contributed by atoms with Gasteiger partial charge in [0.25, 0.3) is 0 Å². The summed E-state index contributed by atoms with van der Waals surface area (Å²) in [6.07, 6.45) is -1.60. The lowest BCUT2D eigenvalue weighted by Gasteiger charge is -2.43. The molecule has 0 amide bonds. The molecule has 0 radical (unpaired) electrons. The molecule has 0 spiro atoms. The smallest absolute Gasteiger partial charge is 0.306 e. The van der Waals surface area contributed by atoms with E-state index in [9.17, 15) is 39.6 Å². The number of Topliss-reactive ketones (excluding diaryl/α,β-unsaturated/α-hetero) is 1. The van der Waals surface area contributed by atoms with Crippen LogP contribution in [0.3, 0.4) is 0 Å². The first-order valence-electron chi connectivity index (χ1n) is 16.9. The molecule has 1 fully saturated rings. The quantitative estimate of drug-likeness (QED) is 0.100. The summed E-state index contributed by atoms with van der Waals surface area (Å²) in [5.41, 5.74) is -3.61. The fraction of sp³-hybridized carbons (Fsp3) is 0.556. The van der Waals surface area contributed by atoms with Gasteiger partial charge in [-0.2, -0.15) is 0 Å². The van der Waals surface area contributed by atoms with Crippen LogP contribution in [0.2, 0.25) is 0 Å². The van der Waals surface area contributed by atoms with E-state index in [0.717, 1.165) is 19.3 Å². The number of ether oxygens (including phenoxy) is 4. The van der Waals surface area contributed by atoms with Gasteiger partial charge in [0.05, 0.1) is 42.1 Å². The average molecular weight is 684 g/mol. The van der Waals surface area contributed by atoms with Crippen molar-refractivity contribution in [1.82, 2.24) is 5.32 Å². The van der Waals surface area contributed by atoms with Crippen molar-refractivity contribution in [3.63, 3.8) is 0 Å². The van der Waals surface area contributed by atoms with E-state index >= 15 is 0 Å². The minimum absolute atomic E-state index is 0.0507. The monoisotopic (exact) mass is 683 g/mol. The van der Waals surface area contributed by atoms with Crippen LogP contribution < -0.4 is 10.1 Å². The van der Waals surface area contributed by atoms with Gasteiger partial charge in [0.2, 0.25) is 11.6 Å². The molecule has 13 nitrogen and oxygen atoms in total. The van der Waals surface area contributed by atoms with Crippen LogP contribution in [0.5, 0.6) is 17.2 Å². The zero-order valence-electron chi connectivity index (χ0n) is 28.2. The molecule has 0 bridgehead atoms. The number of esters is 1. The maximum Gasteiger partial charge on any atom is 0.306 e. The van der Waals surface area contributed by atoms with Crippen molar-refractivity contribution in [3.05, 3.63) is 51.6 Å². The number of phenolic OH excluding ortho intramolecular Hbond substituents is 2. The lowest BCUT2D eigenvalue weighted by atomic mass is 9.72. The van der Waals surface area contributed by atoms with Gasteiger partial charge >= 0.3 is 5.97 Å². The first-order chi connectivity index (χ1) is 23.4. The first-order valence-corrected chi connectivity index (χ1v) is 16.9. The number of phenols is 2. The highest BCUT2D eigenvalue weighted by Crippen LogP contribution is 2.52. The summed E-state index contributed by atoms with van der Waals surface area (Å²) in [7, 11) is 1.34. The summed E-state index contributed by atoms with van der Waals surface area (Å²) in [4.78, 5) is 53.5. The lowest BCUT2D eigenvalue weighted by Crippen LogP contribution is -2.54. The SMILES string of the molecule is CCCCN[C@H]1C[C@H](O[C@H]2C[C@](O)(C(=O)COC(=O)CCCC)Cc3c(O)c4c(c(O)c32)C(=O)c2c(OC)cccc2C4=O)O[C@@H](C)[C@H]1O. The molecule has 5 rings (SSSR count). The van der Waals surface area contributed by atoms with Crippen molar-refractivity contribution < 1.29 is 58.6 Å². The number of aliphatic hydroxyl groups is 2. The molecule has 0 saturated carbocycles. The van der Waals surface area contributed by atoms with E-state index in [0.29, 0.717) is 13.0 Å². The zero-order valence-corrected chi connectivity index (χ0v) is 28.2. The van der Waals surface area contributed by atoms with Crippen molar-refractivity contribution in [2.45, 2.75) is 108 Å². The maximum absolute atomic E-state index is 13.9. The number of carbonyl (C=O) groups is 4. The highest BCUT2D eigenvalue weighted by Gasteiger charge is 2.50. The molecule has 3 aliphatic rings. The number of fused-ring (bicyclic) bond motifs is 3. The largest absolute Gasteiger partial charge is 0.507 e. The molecule has 0 aromatic heterocycles. The standard InChI is InChI=1S/C36H45NO12/c1-5-7-12-25(39)47-17-24(38)36(45)15-20-28(23(16-36)49-26-14-21(37-13-8-6-2)31(40)18(3)48-26)35(44)30-29(33(20)42)32(41)19-10-9-11-22(46-4)27(19)34(30)43/h9-11,18,21,23,26,31,37,40,42,44-45H,5-8,12-17H2,1-4H3/t18-,21-,23-,26-,31+,36-/m0/s1. The fourth-order valence-electron chi connectivity index (χ4n) is 6.91. The van der Waals surface area contributed by atoms with E-state index in [2.05, 4.69) is 5.32 Å². The minimum atomic E-state index is -2.28. The molecule has 49 heavy (non-hydrogen) atoms. The normalized spacial score (nSPS) is 26.0. The van der Waals surface area contributed by atoms with Crippen LogP contribution in [0.15, 0.2) is 18.2 Å². The summed E-state index contributed by atoms with van der Waals surface area (Å²) in [6, 6.07) is 3.98. The molecular formula is C36H45NO12. The number of methoxy groups -OCH3 is 1. The van der Waals surface area contributed by atoms with Gasteiger partial charge in [-0.05, 0) is 32.4 Å². The number of rotatable bonds is 13. The van der Waals surface area contributed by atoms with Crippen molar-refractivity contribution in [2.75, 3.05) is 20.3 Å². The highest BCUT2D eigenvalue weighted by atomic mass is 16.7. The molecule has 2 aliphatic carbocycles. The third-order valence-corrected chi connectivity index (χ3v) is 9.65. The Kier molecular flexibility index (Phi) is 11.1. The number of ketones is 3. The van der Waals surface area contributed by atoms with E-state index in [4.69, 9.17) is 18.9 Å².